The van der Waals surface area contributed by atoms with E-state index in [1.54, 1.807) is 48.2 Å². The van der Waals surface area contributed by atoms with Crippen molar-refractivity contribution >= 4 is 27.7 Å². The van der Waals surface area contributed by atoms with Crippen LogP contribution in [-0.4, -0.2) is 76.7 Å². The number of aryl methyl sites for hydroxylation is 1. The maximum Gasteiger partial charge on any atom is 0.409 e. The van der Waals surface area contributed by atoms with Crippen LogP contribution in [0.3, 0.4) is 0 Å². The fraction of sp³-hybridized carbons (Fsp3) is 0.391. The van der Waals surface area contributed by atoms with Gasteiger partial charge in [-0.3, -0.25) is 9.10 Å². The predicted molar refractivity (Wildman–Crippen MR) is 124 cm³/mol. The normalized spacial score (nSPS) is 14.0. The first-order valence-corrected chi connectivity index (χ1v) is 12.1. The summed E-state index contributed by atoms with van der Waals surface area (Å²) in [6.07, 6.45) is -0.411. The van der Waals surface area contributed by atoms with Crippen LogP contribution in [0.1, 0.15) is 12.5 Å². The van der Waals surface area contributed by atoms with Gasteiger partial charge in [0.05, 0.1) is 24.3 Å². The van der Waals surface area contributed by atoms with Gasteiger partial charge in [0.25, 0.3) is 10.0 Å². The molecular weight excluding hydrogens is 446 g/mol. The molecule has 1 aliphatic heterocycles. The minimum absolute atomic E-state index is 0.101. The Labute approximate surface area is 194 Å². The molecule has 3 rings (SSSR count). The Morgan fingerprint density at radius 1 is 0.939 bits per heavy atom. The van der Waals surface area contributed by atoms with Gasteiger partial charge in [-0.05, 0) is 50.2 Å². The molecule has 0 radical (unpaired) electrons. The summed E-state index contributed by atoms with van der Waals surface area (Å²) in [5.74, 6) is 0.234. The lowest BCUT2D eigenvalue weighted by Gasteiger charge is -2.35. The molecule has 33 heavy (non-hydrogen) atoms. The van der Waals surface area contributed by atoms with Gasteiger partial charge in [-0.15, -0.1) is 0 Å². The molecule has 178 valence electrons. The second kappa shape index (κ2) is 10.6. The molecule has 1 heterocycles. The maximum absolute atomic E-state index is 13.5. The van der Waals surface area contributed by atoms with Crippen LogP contribution in [0.25, 0.3) is 0 Å². The summed E-state index contributed by atoms with van der Waals surface area (Å²) in [6.45, 7) is 4.80. The smallest absolute Gasteiger partial charge is 0.409 e. The number of hydrogen-bond donors (Lipinski definition) is 0. The van der Waals surface area contributed by atoms with Crippen molar-refractivity contribution in [1.82, 2.24) is 9.80 Å². The molecule has 0 aromatic heterocycles. The molecule has 0 N–H and O–H groups in total. The van der Waals surface area contributed by atoms with Gasteiger partial charge < -0.3 is 19.3 Å². The van der Waals surface area contributed by atoms with Crippen molar-refractivity contribution in [2.45, 2.75) is 18.7 Å². The molecule has 2 aromatic carbocycles. The zero-order valence-electron chi connectivity index (χ0n) is 19.1. The number of piperazine rings is 1. The number of rotatable bonds is 7. The first kappa shape index (κ1) is 24.4. The van der Waals surface area contributed by atoms with Crippen molar-refractivity contribution in [2.75, 3.05) is 50.7 Å². The number of ether oxygens (including phenoxy) is 2. The van der Waals surface area contributed by atoms with E-state index in [0.29, 0.717) is 37.6 Å². The zero-order chi connectivity index (χ0) is 24.0. The molecule has 2 amide bonds. The average Bonchev–Trinajstić information content (AvgIpc) is 2.83. The Morgan fingerprint density at radius 3 is 2.06 bits per heavy atom. The first-order valence-electron chi connectivity index (χ1n) is 10.7. The summed E-state index contributed by atoms with van der Waals surface area (Å²) < 4.78 is 38.3. The van der Waals surface area contributed by atoms with Crippen LogP contribution in [0.15, 0.2) is 53.4 Å². The minimum atomic E-state index is -4.00. The Morgan fingerprint density at radius 2 is 1.52 bits per heavy atom. The van der Waals surface area contributed by atoms with Crippen molar-refractivity contribution in [3.63, 3.8) is 0 Å². The highest BCUT2D eigenvalue weighted by Gasteiger charge is 2.31. The zero-order valence-corrected chi connectivity index (χ0v) is 19.9. The number of amides is 2. The molecule has 9 nitrogen and oxygen atoms in total. The quantitative estimate of drug-likeness (QED) is 0.611. The standard InChI is InChI=1S/C23H29N3O6S/c1-4-32-23(28)25-15-13-24(14-16-25)22(27)17-26(19-7-9-20(31-3)10-8-19)33(29,30)21-11-5-18(2)6-12-21/h5-12H,4,13-17H2,1-3H3. The van der Waals surface area contributed by atoms with E-state index in [4.69, 9.17) is 9.47 Å². The molecule has 0 saturated carbocycles. The summed E-state index contributed by atoms with van der Waals surface area (Å²) in [5.41, 5.74) is 1.29. The molecule has 0 unspecified atom stereocenters. The van der Waals surface area contributed by atoms with Crippen LogP contribution in [0.5, 0.6) is 5.75 Å². The van der Waals surface area contributed by atoms with Crippen LogP contribution >= 0.6 is 0 Å². The summed E-state index contributed by atoms with van der Waals surface area (Å²) in [5, 5.41) is 0. The van der Waals surface area contributed by atoms with Crippen LogP contribution in [0.2, 0.25) is 0 Å². The lowest BCUT2D eigenvalue weighted by Crippen LogP contribution is -2.53. The van der Waals surface area contributed by atoms with Gasteiger partial charge in [0, 0.05) is 26.2 Å². The van der Waals surface area contributed by atoms with Gasteiger partial charge in [-0.2, -0.15) is 0 Å². The largest absolute Gasteiger partial charge is 0.497 e. The third-order valence-electron chi connectivity index (χ3n) is 5.41. The fourth-order valence-corrected chi connectivity index (χ4v) is 4.89. The molecule has 0 spiro atoms. The van der Waals surface area contributed by atoms with E-state index in [1.165, 1.54) is 24.1 Å². The van der Waals surface area contributed by atoms with Crippen LogP contribution in [0.4, 0.5) is 10.5 Å². The number of nitrogens with zero attached hydrogens (tertiary/aromatic N) is 3. The molecule has 0 atom stereocenters. The Hall–Kier alpha value is -3.27. The van der Waals surface area contributed by atoms with Crippen molar-refractivity contribution < 1.29 is 27.5 Å². The van der Waals surface area contributed by atoms with Crippen molar-refractivity contribution in [2.24, 2.45) is 0 Å². The van der Waals surface area contributed by atoms with Gasteiger partial charge in [-0.25, -0.2) is 13.2 Å². The van der Waals surface area contributed by atoms with E-state index in [1.807, 2.05) is 6.92 Å². The van der Waals surface area contributed by atoms with Crippen molar-refractivity contribution in [3.8, 4) is 5.75 Å². The Bertz CT molecular complexity index is 1060. The van der Waals surface area contributed by atoms with E-state index in [9.17, 15) is 18.0 Å². The lowest BCUT2D eigenvalue weighted by atomic mass is 10.2. The highest BCUT2D eigenvalue weighted by molar-refractivity contribution is 7.92. The molecule has 2 aromatic rings. The maximum atomic E-state index is 13.5. The van der Waals surface area contributed by atoms with E-state index in [2.05, 4.69) is 0 Å². The highest BCUT2D eigenvalue weighted by atomic mass is 32.2. The van der Waals surface area contributed by atoms with Gasteiger partial charge in [0.15, 0.2) is 0 Å². The van der Waals surface area contributed by atoms with E-state index >= 15 is 0 Å². The first-order chi connectivity index (χ1) is 15.8. The molecule has 0 bridgehead atoms. The molecule has 0 aliphatic carbocycles. The summed E-state index contributed by atoms with van der Waals surface area (Å²) in [6, 6.07) is 13.0. The number of carbonyl (C=O) groups is 2. The van der Waals surface area contributed by atoms with Gasteiger partial charge in [0.1, 0.15) is 12.3 Å². The fourth-order valence-electron chi connectivity index (χ4n) is 3.48. The summed E-state index contributed by atoms with van der Waals surface area (Å²) in [7, 11) is -2.47. The number of hydrogen-bond acceptors (Lipinski definition) is 6. The van der Waals surface area contributed by atoms with E-state index in [-0.39, 0.29) is 24.0 Å². The average molecular weight is 476 g/mol. The van der Waals surface area contributed by atoms with Gasteiger partial charge in [0.2, 0.25) is 5.91 Å². The summed E-state index contributed by atoms with van der Waals surface area (Å²) >= 11 is 0. The van der Waals surface area contributed by atoms with E-state index in [0.717, 1.165) is 9.87 Å². The molecule has 1 aliphatic rings. The van der Waals surface area contributed by atoms with Gasteiger partial charge in [-0.1, -0.05) is 17.7 Å². The Balaban J connectivity index is 1.82. The molecule has 1 saturated heterocycles. The van der Waals surface area contributed by atoms with E-state index < -0.39 is 16.1 Å². The number of methoxy groups -OCH3 is 1. The minimum Gasteiger partial charge on any atom is -0.497 e. The van der Waals surface area contributed by atoms with Crippen LogP contribution in [-0.2, 0) is 19.6 Å². The van der Waals surface area contributed by atoms with Crippen LogP contribution < -0.4 is 9.04 Å². The highest BCUT2D eigenvalue weighted by Crippen LogP contribution is 2.26. The number of benzene rings is 2. The third kappa shape index (κ3) is 5.75. The molecule has 1 fully saturated rings. The monoisotopic (exact) mass is 475 g/mol. The second-order valence-corrected chi connectivity index (χ2v) is 9.45. The second-order valence-electron chi connectivity index (χ2n) is 7.59. The molecule has 10 heteroatoms. The van der Waals surface area contributed by atoms with Gasteiger partial charge >= 0.3 is 6.09 Å². The number of anilines is 1. The lowest BCUT2D eigenvalue weighted by molar-refractivity contribution is -0.131. The third-order valence-corrected chi connectivity index (χ3v) is 7.19. The summed E-state index contributed by atoms with van der Waals surface area (Å²) in [4.78, 5) is 28.2. The van der Waals surface area contributed by atoms with Crippen molar-refractivity contribution in [1.29, 1.82) is 0 Å². The topological polar surface area (TPSA) is 96.5 Å². The van der Waals surface area contributed by atoms with Crippen molar-refractivity contribution in [3.05, 3.63) is 54.1 Å². The van der Waals surface area contributed by atoms with Crippen LogP contribution in [0, 0.1) is 6.92 Å². The number of sulfonamides is 1. The Kier molecular flexibility index (Phi) is 7.80. The SMILES string of the molecule is CCOC(=O)N1CCN(C(=O)CN(c2ccc(OC)cc2)S(=O)(=O)c2ccc(C)cc2)CC1. The number of carbonyl (C=O) groups excluding carboxylic acids is 2. The predicted octanol–water partition coefficient (Wildman–Crippen LogP) is 2.50. The molecular formula is C23H29N3O6S.